The highest BCUT2D eigenvalue weighted by atomic mass is 16.3. The molecule has 0 spiro atoms. The molecule has 2 unspecified atom stereocenters. The molecular weight excluding hydrogens is 438 g/mol. The minimum atomic E-state index is -0.525. The second-order valence-corrected chi connectivity index (χ2v) is 10.3. The second kappa shape index (κ2) is 10.5. The lowest BCUT2D eigenvalue weighted by molar-refractivity contribution is 0.333. The molecule has 4 aromatic carbocycles. The van der Waals surface area contributed by atoms with E-state index >= 15 is 0 Å². The first-order valence-corrected chi connectivity index (χ1v) is 13.1. The highest BCUT2D eigenvalue weighted by Crippen LogP contribution is 2.45. The first-order valence-electron chi connectivity index (χ1n) is 13.1. The van der Waals surface area contributed by atoms with Gasteiger partial charge in [0.2, 0.25) is 0 Å². The molecular formula is C34H35NO. The Balaban J connectivity index is 1.71. The third-order valence-electron chi connectivity index (χ3n) is 8.00. The maximum atomic E-state index is 12.0. The van der Waals surface area contributed by atoms with Crippen LogP contribution in [-0.2, 0) is 5.41 Å². The molecule has 2 heteroatoms. The number of nitrogens with zero attached hydrogens (tertiary/aromatic N) is 1. The topological polar surface area (TPSA) is 32.6 Å². The van der Waals surface area contributed by atoms with Crippen molar-refractivity contribution in [2.24, 2.45) is 10.9 Å². The molecule has 36 heavy (non-hydrogen) atoms. The molecule has 0 heterocycles. The van der Waals surface area contributed by atoms with Crippen molar-refractivity contribution in [2.75, 3.05) is 0 Å². The Morgan fingerprint density at radius 3 is 1.89 bits per heavy atom. The van der Waals surface area contributed by atoms with E-state index in [0.717, 1.165) is 39.8 Å². The predicted molar refractivity (Wildman–Crippen MR) is 151 cm³/mol. The SMILES string of the molecule is CC1CCCCC1N=Cc1c(-c2ccccc2)ccc(C(C)(c2ccccc2)c2ccccc2)c1O. The predicted octanol–water partition coefficient (Wildman–Crippen LogP) is 8.41. The molecule has 0 bridgehead atoms. The van der Waals surface area contributed by atoms with E-state index < -0.39 is 5.41 Å². The van der Waals surface area contributed by atoms with Gasteiger partial charge in [-0.3, -0.25) is 4.99 Å². The van der Waals surface area contributed by atoms with Gasteiger partial charge in [-0.1, -0.05) is 123 Å². The summed E-state index contributed by atoms with van der Waals surface area (Å²) < 4.78 is 0. The van der Waals surface area contributed by atoms with Crippen LogP contribution in [0.25, 0.3) is 11.1 Å². The fourth-order valence-corrected chi connectivity index (χ4v) is 5.72. The van der Waals surface area contributed by atoms with E-state index in [9.17, 15) is 5.11 Å². The van der Waals surface area contributed by atoms with Crippen molar-refractivity contribution in [3.05, 3.63) is 125 Å². The smallest absolute Gasteiger partial charge is 0.129 e. The molecule has 4 aromatic rings. The summed E-state index contributed by atoms with van der Waals surface area (Å²) in [5.74, 6) is 0.873. The van der Waals surface area contributed by atoms with E-state index in [2.05, 4.69) is 86.6 Å². The number of hydrogen-bond donors (Lipinski definition) is 1. The average Bonchev–Trinajstić information content (AvgIpc) is 2.94. The lowest BCUT2D eigenvalue weighted by Crippen LogP contribution is -2.26. The van der Waals surface area contributed by atoms with E-state index in [-0.39, 0.29) is 0 Å². The molecule has 182 valence electrons. The Hall–Kier alpha value is -3.65. The molecule has 2 atom stereocenters. The summed E-state index contributed by atoms with van der Waals surface area (Å²) in [6, 6.07) is 35.8. The quantitative estimate of drug-likeness (QED) is 0.221. The Morgan fingerprint density at radius 1 is 0.750 bits per heavy atom. The van der Waals surface area contributed by atoms with Gasteiger partial charge in [-0.05, 0) is 47.9 Å². The molecule has 1 saturated carbocycles. The van der Waals surface area contributed by atoms with Crippen LogP contribution in [0.2, 0.25) is 0 Å². The van der Waals surface area contributed by atoms with Crippen LogP contribution >= 0.6 is 0 Å². The standard InChI is InChI=1S/C34H35NO/c1-25-14-12-13-21-32(25)35-24-30-29(26-15-6-3-7-16-26)22-23-31(33(30)36)34(2,27-17-8-4-9-18-27)28-19-10-5-11-20-28/h3-11,15-20,22-25,32,36H,12-14,21H2,1-2H3. The molecule has 0 aromatic heterocycles. The number of phenolic OH excluding ortho intramolecular Hbond substituents is 1. The van der Waals surface area contributed by atoms with Crippen molar-refractivity contribution in [3.63, 3.8) is 0 Å². The van der Waals surface area contributed by atoms with Gasteiger partial charge in [0.05, 0.1) is 6.04 Å². The van der Waals surface area contributed by atoms with Gasteiger partial charge in [-0.25, -0.2) is 0 Å². The minimum absolute atomic E-state index is 0.304. The van der Waals surface area contributed by atoms with Gasteiger partial charge < -0.3 is 5.11 Å². The highest BCUT2D eigenvalue weighted by molar-refractivity contribution is 5.94. The zero-order valence-electron chi connectivity index (χ0n) is 21.3. The van der Waals surface area contributed by atoms with Crippen LogP contribution in [0.1, 0.15) is 61.8 Å². The summed E-state index contributed by atoms with van der Waals surface area (Å²) >= 11 is 0. The van der Waals surface area contributed by atoms with Gasteiger partial charge in [0.15, 0.2) is 0 Å². The number of benzene rings is 4. The van der Waals surface area contributed by atoms with E-state index in [1.807, 2.05) is 36.5 Å². The van der Waals surface area contributed by atoms with E-state index in [1.165, 1.54) is 19.3 Å². The summed E-state index contributed by atoms with van der Waals surface area (Å²) in [5, 5.41) is 12.0. The first-order chi connectivity index (χ1) is 17.6. The molecule has 2 nitrogen and oxygen atoms in total. The molecule has 1 N–H and O–H groups in total. The number of rotatable bonds is 6. The monoisotopic (exact) mass is 473 g/mol. The summed E-state index contributed by atoms with van der Waals surface area (Å²) in [7, 11) is 0. The second-order valence-electron chi connectivity index (χ2n) is 10.3. The lowest BCUT2D eigenvalue weighted by Gasteiger charge is -2.33. The number of aliphatic imine (C=N–C) groups is 1. The number of aromatic hydroxyl groups is 1. The Labute approximate surface area is 215 Å². The van der Waals surface area contributed by atoms with Crippen molar-refractivity contribution < 1.29 is 5.11 Å². The highest BCUT2D eigenvalue weighted by Gasteiger charge is 2.34. The van der Waals surface area contributed by atoms with Crippen molar-refractivity contribution in [1.82, 2.24) is 0 Å². The molecule has 1 aliphatic carbocycles. The average molecular weight is 474 g/mol. The Morgan fingerprint density at radius 2 is 1.31 bits per heavy atom. The summed E-state index contributed by atoms with van der Waals surface area (Å²) in [4.78, 5) is 5.07. The lowest BCUT2D eigenvalue weighted by atomic mass is 9.70. The Bertz CT molecular complexity index is 1270. The van der Waals surface area contributed by atoms with E-state index in [1.54, 1.807) is 0 Å². The third-order valence-corrected chi connectivity index (χ3v) is 8.00. The number of hydrogen-bond acceptors (Lipinski definition) is 2. The maximum absolute atomic E-state index is 12.0. The zero-order chi connectivity index (χ0) is 25.0. The van der Waals surface area contributed by atoms with Crippen LogP contribution in [-0.4, -0.2) is 17.4 Å². The fourth-order valence-electron chi connectivity index (χ4n) is 5.72. The van der Waals surface area contributed by atoms with E-state index in [0.29, 0.717) is 17.7 Å². The van der Waals surface area contributed by atoms with Crippen molar-refractivity contribution in [3.8, 4) is 16.9 Å². The van der Waals surface area contributed by atoms with Crippen LogP contribution in [0.4, 0.5) is 0 Å². The van der Waals surface area contributed by atoms with Crippen LogP contribution < -0.4 is 0 Å². The third kappa shape index (κ3) is 4.60. The van der Waals surface area contributed by atoms with Gasteiger partial charge in [0.1, 0.15) is 5.75 Å². The van der Waals surface area contributed by atoms with Gasteiger partial charge in [0, 0.05) is 22.8 Å². The maximum Gasteiger partial charge on any atom is 0.129 e. The molecule has 0 saturated heterocycles. The van der Waals surface area contributed by atoms with Crippen LogP contribution in [0, 0.1) is 5.92 Å². The van der Waals surface area contributed by atoms with E-state index in [4.69, 9.17) is 4.99 Å². The van der Waals surface area contributed by atoms with Crippen LogP contribution in [0.15, 0.2) is 108 Å². The van der Waals surface area contributed by atoms with Crippen molar-refractivity contribution in [1.29, 1.82) is 0 Å². The van der Waals surface area contributed by atoms with Gasteiger partial charge in [0.25, 0.3) is 0 Å². The molecule has 5 rings (SSSR count). The van der Waals surface area contributed by atoms with Crippen LogP contribution in [0.5, 0.6) is 5.75 Å². The largest absolute Gasteiger partial charge is 0.507 e. The number of phenols is 1. The van der Waals surface area contributed by atoms with Crippen molar-refractivity contribution in [2.45, 2.75) is 51.0 Å². The summed E-state index contributed by atoms with van der Waals surface area (Å²) in [5.41, 5.74) is 5.53. The van der Waals surface area contributed by atoms with Gasteiger partial charge in [-0.2, -0.15) is 0 Å². The molecule has 0 radical (unpaired) electrons. The van der Waals surface area contributed by atoms with Crippen LogP contribution in [0.3, 0.4) is 0 Å². The zero-order valence-corrected chi connectivity index (χ0v) is 21.3. The minimum Gasteiger partial charge on any atom is -0.507 e. The molecule has 1 fully saturated rings. The van der Waals surface area contributed by atoms with Crippen molar-refractivity contribution >= 4 is 6.21 Å². The summed E-state index contributed by atoms with van der Waals surface area (Å²) in [6.07, 6.45) is 6.80. The normalized spacial score (nSPS) is 18.4. The van der Waals surface area contributed by atoms with Gasteiger partial charge in [-0.15, -0.1) is 0 Å². The summed E-state index contributed by atoms with van der Waals surface area (Å²) in [6.45, 7) is 4.51. The molecule has 1 aliphatic rings. The fraction of sp³-hybridized carbons (Fsp3) is 0.265. The van der Waals surface area contributed by atoms with Gasteiger partial charge >= 0.3 is 0 Å². The molecule has 0 aliphatic heterocycles. The Kier molecular flexibility index (Phi) is 7.04. The first kappa shape index (κ1) is 24.1. The molecule has 0 amide bonds.